The number of nitrogens with zero attached hydrogens (tertiary/aromatic N) is 2. The summed E-state index contributed by atoms with van der Waals surface area (Å²) in [4.78, 5) is 8.95. The summed E-state index contributed by atoms with van der Waals surface area (Å²) in [6, 6.07) is 8.24. The Kier molecular flexibility index (Phi) is 4.30. The maximum Gasteiger partial charge on any atom is 0.159 e. The highest BCUT2D eigenvalue weighted by Gasteiger charge is 2.29. The molecule has 3 rings (SSSR count). The molecule has 1 aliphatic rings. The fourth-order valence-electron chi connectivity index (χ4n) is 2.79. The van der Waals surface area contributed by atoms with Crippen LogP contribution in [0.3, 0.4) is 0 Å². The highest BCUT2D eigenvalue weighted by Crippen LogP contribution is 2.33. The highest BCUT2D eigenvalue weighted by molar-refractivity contribution is 5.74. The molecule has 0 radical (unpaired) electrons. The second-order valence-electron chi connectivity index (χ2n) is 6.12. The van der Waals surface area contributed by atoms with Crippen molar-refractivity contribution < 1.29 is 4.74 Å². The maximum atomic E-state index is 5.75. The molecule has 2 aromatic heterocycles. The number of hydrogen-bond acceptors (Lipinski definition) is 3. The van der Waals surface area contributed by atoms with Gasteiger partial charge in [0.05, 0.1) is 12.7 Å². The summed E-state index contributed by atoms with van der Waals surface area (Å²) in [7, 11) is 0. The van der Waals surface area contributed by atoms with Gasteiger partial charge in [0.1, 0.15) is 0 Å². The molecule has 3 nitrogen and oxygen atoms in total. The van der Waals surface area contributed by atoms with E-state index in [4.69, 9.17) is 4.74 Å². The van der Waals surface area contributed by atoms with E-state index in [2.05, 4.69) is 34.7 Å². The van der Waals surface area contributed by atoms with Gasteiger partial charge in [-0.3, -0.25) is 0 Å². The molecule has 1 saturated carbocycles. The lowest BCUT2D eigenvalue weighted by Crippen LogP contribution is -2.32. The Morgan fingerprint density at radius 1 is 1.33 bits per heavy atom. The number of rotatable bonds is 6. The Morgan fingerprint density at radius 3 is 3.00 bits per heavy atom. The average molecular weight is 282 g/mol. The van der Waals surface area contributed by atoms with Gasteiger partial charge >= 0.3 is 0 Å². The van der Waals surface area contributed by atoms with Crippen molar-refractivity contribution in [2.75, 3.05) is 6.61 Å². The third-order valence-corrected chi connectivity index (χ3v) is 4.09. The molecule has 1 aliphatic carbocycles. The Hall–Kier alpha value is -1.74. The number of hydrogen-bond donors (Lipinski definition) is 0. The van der Waals surface area contributed by atoms with Gasteiger partial charge in [-0.15, -0.1) is 0 Å². The van der Waals surface area contributed by atoms with E-state index in [0.717, 1.165) is 34.6 Å². The van der Waals surface area contributed by atoms with Gasteiger partial charge in [-0.05, 0) is 62.8 Å². The molecule has 21 heavy (non-hydrogen) atoms. The predicted octanol–water partition coefficient (Wildman–Crippen LogP) is 3.93. The molecule has 1 fully saturated rings. The molecule has 0 amide bonds. The monoisotopic (exact) mass is 282 g/mol. The van der Waals surface area contributed by atoms with Crippen LogP contribution < -0.4 is 0 Å². The van der Waals surface area contributed by atoms with Crippen LogP contribution in [0.4, 0.5) is 0 Å². The van der Waals surface area contributed by atoms with Crippen molar-refractivity contribution in [3.05, 3.63) is 48.3 Å². The molecule has 110 valence electrons. The Balaban J connectivity index is 1.46. The van der Waals surface area contributed by atoms with Crippen LogP contribution in [0.25, 0.3) is 11.0 Å². The molecular formula is C18H22N2O. The maximum absolute atomic E-state index is 5.75. The zero-order chi connectivity index (χ0) is 14.7. The lowest BCUT2D eigenvalue weighted by Gasteiger charge is -2.35. The van der Waals surface area contributed by atoms with E-state index >= 15 is 0 Å². The largest absolute Gasteiger partial charge is 0.374 e. The van der Waals surface area contributed by atoms with Crippen molar-refractivity contribution in [2.45, 2.75) is 38.7 Å². The summed E-state index contributed by atoms with van der Waals surface area (Å²) in [6.07, 6.45) is 6.83. The van der Waals surface area contributed by atoms with E-state index < -0.39 is 0 Å². The first-order chi connectivity index (χ1) is 10.2. The summed E-state index contributed by atoms with van der Waals surface area (Å²) in [6.45, 7) is 6.58. The van der Waals surface area contributed by atoms with E-state index in [0.29, 0.717) is 12.7 Å². The van der Waals surface area contributed by atoms with Crippen LogP contribution in [0.2, 0.25) is 0 Å². The predicted molar refractivity (Wildman–Crippen MR) is 85.1 cm³/mol. The first kappa shape index (κ1) is 14.2. The van der Waals surface area contributed by atoms with Crippen LogP contribution in [-0.4, -0.2) is 22.7 Å². The second-order valence-corrected chi connectivity index (χ2v) is 6.12. The van der Waals surface area contributed by atoms with Crippen LogP contribution in [0, 0.1) is 5.92 Å². The van der Waals surface area contributed by atoms with E-state index in [1.165, 1.54) is 19.3 Å². The minimum Gasteiger partial charge on any atom is -0.374 e. The summed E-state index contributed by atoms with van der Waals surface area (Å²) in [5.74, 6) is 0.779. The molecule has 0 bridgehead atoms. The molecular weight excluding hydrogens is 260 g/mol. The molecule has 0 unspecified atom stereocenters. The van der Waals surface area contributed by atoms with Crippen molar-refractivity contribution in [1.82, 2.24) is 9.97 Å². The van der Waals surface area contributed by atoms with E-state index in [9.17, 15) is 0 Å². The molecule has 0 N–H and O–H groups in total. The van der Waals surface area contributed by atoms with Gasteiger partial charge in [-0.1, -0.05) is 12.2 Å². The lowest BCUT2D eigenvalue weighted by molar-refractivity contribution is -0.0219. The SMILES string of the molecule is C=C(C)CO[C@H]1C[C@H](CCc2ccc3cccnc3n2)C1. The number of pyridine rings is 2. The molecule has 2 aromatic rings. The smallest absolute Gasteiger partial charge is 0.159 e. The first-order valence-corrected chi connectivity index (χ1v) is 7.67. The number of aryl methyl sites for hydroxylation is 1. The Morgan fingerprint density at radius 2 is 2.19 bits per heavy atom. The van der Waals surface area contributed by atoms with Crippen molar-refractivity contribution >= 4 is 11.0 Å². The topological polar surface area (TPSA) is 35.0 Å². The molecule has 3 heteroatoms. The number of ether oxygens (including phenoxy) is 1. The minimum absolute atomic E-state index is 0.443. The zero-order valence-electron chi connectivity index (χ0n) is 12.6. The van der Waals surface area contributed by atoms with Crippen LogP contribution in [-0.2, 0) is 11.2 Å². The molecule has 0 aliphatic heterocycles. The Labute approximate surface area is 126 Å². The molecule has 0 aromatic carbocycles. The molecule has 0 saturated heterocycles. The van der Waals surface area contributed by atoms with Gasteiger partial charge in [-0.2, -0.15) is 0 Å². The van der Waals surface area contributed by atoms with Gasteiger partial charge in [-0.25, -0.2) is 9.97 Å². The quantitative estimate of drug-likeness (QED) is 0.753. The van der Waals surface area contributed by atoms with Crippen LogP contribution >= 0.6 is 0 Å². The lowest BCUT2D eigenvalue weighted by atomic mass is 9.79. The van der Waals surface area contributed by atoms with E-state index in [1.54, 1.807) is 6.20 Å². The first-order valence-electron chi connectivity index (χ1n) is 7.67. The van der Waals surface area contributed by atoms with Crippen molar-refractivity contribution in [2.24, 2.45) is 5.92 Å². The summed E-state index contributed by atoms with van der Waals surface area (Å²) < 4.78 is 5.75. The van der Waals surface area contributed by atoms with Gasteiger partial charge in [0.2, 0.25) is 0 Å². The van der Waals surface area contributed by atoms with E-state index in [1.807, 2.05) is 13.0 Å². The summed E-state index contributed by atoms with van der Waals surface area (Å²) in [5, 5.41) is 1.11. The number of aromatic nitrogens is 2. The average Bonchev–Trinajstić information content (AvgIpc) is 2.44. The molecule has 0 spiro atoms. The van der Waals surface area contributed by atoms with Crippen molar-refractivity contribution in [3.63, 3.8) is 0 Å². The normalized spacial score (nSPS) is 21.2. The van der Waals surface area contributed by atoms with Gasteiger partial charge in [0, 0.05) is 17.3 Å². The minimum atomic E-state index is 0.443. The zero-order valence-corrected chi connectivity index (χ0v) is 12.6. The summed E-state index contributed by atoms with van der Waals surface area (Å²) >= 11 is 0. The fraction of sp³-hybridized carbons (Fsp3) is 0.444. The fourth-order valence-corrected chi connectivity index (χ4v) is 2.79. The van der Waals surface area contributed by atoms with Crippen molar-refractivity contribution in [1.29, 1.82) is 0 Å². The standard InChI is InChI=1S/C18H22N2O/c1-13(2)12-21-17-10-14(11-17)5-7-16-8-6-15-4-3-9-19-18(15)20-16/h3-4,6,8-9,14,17H,1,5,7,10-12H2,2H3/t14-,17-. The number of fused-ring (bicyclic) bond motifs is 1. The Bertz CT molecular complexity index is 632. The van der Waals surface area contributed by atoms with Crippen molar-refractivity contribution in [3.8, 4) is 0 Å². The van der Waals surface area contributed by atoms with Gasteiger partial charge < -0.3 is 4.74 Å². The van der Waals surface area contributed by atoms with E-state index in [-0.39, 0.29) is 0 Å². The second kappa shape index (κ2) is 6.35. The van der Waals surface area contributed by atoms with Gasteiger partial charge in [0.25, 0.3) is 0 Å². The molecule has 0 atom stereocenters. The van der Waals surface area contributed by atoms with Crippen LogP contribution in [0.5, 0.6) is 0 Å². The van der Waals surface area contributed by atoms with Crippen LogP contribution in [0.1, 0.15) is 31.9 Å². The third-order valence-electron chi connectivity index (χ3n) is 4.09. The highest BCUT2D eigenvalue weighted by atomic mass is 16.5. The van der Waals surface area contributed by atoms with Crippen LogP contribution in [0.15, 0.2) is 42.6 Å². The van der Waals surface area contributed by atoms with Gasteiger partial charge in [0.15, 0.2) is 5.65 Å². The third kappa shape index (κ3) is 3.67. The molecule has 2 heterocycles. The summed E-state index contributed by atoms with van der Waals surface area (Å²) in [5.41, 5.74) is 3.10.